The number of hydrogen-bond acceptors (Lipinski definition) is 6. The van der Waals surface area contributed by atoms with Crippen LogP contribution in [0.15, 0.2) is 30.3 Å². The number of esters is 1. The lowest BCUT2D eigenvalue weighted by Gasteiger charge is -2.38. The maximum atomic E-state index is 11.8. The van der Waals surface area contributed by atoms with Crippen molar-refractivity contribution in [2.24, 2.45) is 0 Å². The molecule has 0 spiro atoms. The monoisotopic (exact) mass is 268 g/mol. The summed E-state index contributed by atoms with van der Waals surface area (Å²) in [6.07, 6.45) is -6.18. The fourth-order valence-electron chi connectivity index (χ4n) is 1.86. The Hall–Kier alpha value is -1.47. The van der Waals surface area contributed by atoms with Crippen LogP contribution < -0.4 is 0 Å². The van der Waals surface area contributed by atoms with E-state index in [0.29, 0.717) is 5.56 Å². The number of benzene rings is 1. The van der Waals surface area contributed by atoms with Crippen LogP contribution in [0.1, 0.15) is 17.3 Å². The molecular weight excluding hydrogens is 252 g/mol. The SMILES string of the molecule is C[C@@H]1O[C@@H](OC(=O)c2ccccc2)[C@@H](O)[C@H](O)[C@H]1O. The van der Waals surface area contributed by atoms with Gasteiger partial charge in [-0.05, 0) is 19.1 Å². The molecule has 1 heterocycles. The van der Waals surface area contributed by atoms with Gasteiger partial charge in [0.1, 0.15) is 18.3 Å². The van der Waals surface area contributed by atoms with Crippen molar-refractivity contribution in [1.29, 1.82) is 0 Å². The van der Waals surface area contributed by atoms with E-state index >= 15 is 0 Å². The first-order chi connectivity index (χ1) is 9.00. The molecule has 6 heteroatoms. The average Bonchev–Trinajstić information content (AvgIpc) is 2.43. The number of carbonyl (C=O) groups is 1. The van der Waals surface area contributed by atoms with Crippen molar-refractivity contribution < 1.29 is 29.6 Å². The second kappa shape index (κ2) is 5.66. The summed E-state index contributed by atoms with van der Waals surface area (Å²) in [5, 5.41) is 28.8. The summed E-state index contributed by atoms with van der Waals surface area (Å²) in [7, 11) is 0. The van der Waals surface area contributed by atoms with Gasteiger partial charge in [-0.1, -0.05) is 18.2 Å². The Morgan fingerprint density at radius 3 is 2.37 bits per heavy atom. The molecule has 0 radical (unpaired) electrons. The fourth-order valence-corrected chi connectivity index (χ4v) is 1.86. The predicted molar refractivity (Wildman–Crippen MR) is 64.2 cm³/mol. The molecule has 6 nitrogen and oxygen atoms in total. The summed E-state index contributed by atoms with van der Waals surface area (Å²) in [6, 6.07) is 8.23. The predicted octanol–water partition coefficient (Wildman–Crippen LogP) is -0.329. The summed E-state index contributed by atoms with van der Waals surface area (Å²) >= 11 is 0. The molecular formula is C13H16O6. The molecule has 5 atom stereocenters. The lowest BCUT2D eigenvalue weighted by Crippen LogP contribution is -2.57. The van der Waals surface area contributed by atoms with Crippen molar-refractivity contribution in [3.63, 3.8) is 0 Å². The highest BCUT2D eigenvalue weighted by Crippen LogP contribution is 2.22. The van der Waals surface area contributed by atoms with Crippen molar-refractivity contribution >= 4 is 5.97 Å². The maximum Gasteiger partial charge on any atom is 0.340 e. The summed E-state index contributed by atoms with van der Waals surface area (Å²) < 4.78 is 10.2. The molecule has 0 unspecified atom stereocenters. The molecule has 1 aromatic carbocycles. The van der Waals surface area contributed by atoms with Crippen LogP contribution in [0.3, 0.4) is 0 Å². The molecule has 0 amide bonds. The van der Waals surface area contributed by atoms with Crippen LogP contribution >= 0.6 is 0 Å². The molecule has 0 saturated carbocycles. The van der Waals surface area contributed by atoms with Crippen LogP contribution in [0.2, 0.25) is 0 Å². The second-order valence-electron chi connectivity index (χ2n) is 4.45. The van der Waals surface area contributed by atoms with Gasteiger partial charge in [0.2, 0.25) is 6.29 Å². The minimum atomic E-state index is -1.49. The quantitative estimate of drug-likeness (QED) is 0.636. The molecule has 1 aliphatic heterocycles. The van der Waals surface area contributed by atoms with Gasteiger partial charge in [0.25, 0.3) is 0 Å². The Morgan fingerprint density at radius 2 is 1.74 bits per heavy atom. The van der Waals surface area contributed by atoms with Gasteiger partial charge in [-0.3, -0.25) is 0 Å². The topological polar surface area (TPSA) is 96.2 Å². The Balaban J connectivity index is 2.05. The molecule has 1 fully saturated rings. The van der Waals surface area contributed by atoms with E-state index in [1.807, 2.05) is 0 Å². The van der Waals surface area contributed by atoms with Crippen LogP contribution in [-0.2, 0) is 9.47 Å². The third-order valence-electron chi connectivity index (χ3n) is 3.04. The average molecular weight is 268 g/mol. The highest BCUT2D eigenvalue weighted by atomic mass is 16.7. The number of aliphatic hydroxyl groups excluding tert-OH is 3. The van der Waals surface area contributed by atoms with Crippen molar-refractivity contribution in [2.45, 2.75) is 37.6 Å². The van der Waals surface area contributed by atoms with Crippen LogP contribution in [0.25, 0.3) is 0 Å². The number of rotatable bonds is 2. The van der Waals surface area contributed by atoms with Gasteiger partial charge in [0.05, 0.1) is 11.7 Å². The first-order valence-electron chi connectivity index (χ1n) is 5.96. The molecule has 2 rings (SSSR count). The smallest absolute Gasteiger partial charge is 0.340 e. The second-order valence-corrected chi connectivity index (χ2v) is 4.45. The largest absolute Gasteiger partial charge is 0.429 e. The molecule has 3 N–H and O–H groups in total. The van der Waals surface area contributed by atoms with Crippen molar-refractivity contribution in [2.75, 3.05) is 0 Å². The maximum absolute atomic E-state index is 11.8. The number of carbonyl (C=O) groups excluding carboxylic acids is 1. The van der Waals surface area contributed by atoms with Crippen LogP contribution in [0.4, 0.5) is 0 Å². The van der Waals surface area contributed by atoms with Gasteiger partial charge in [-0.25, -0.2) is 4.79 Å². The van der Waals surface area contributed by atoms with Gasteiger partial charge < -0.3 is 24.8 Å². The van der Waals surface area contributed by atoms with E-state index in [0.717, 1.165) is 0 Å². The lowest BCUT2D eigenvalue weighted by molar-refractivity contribution is -0.276. The summed E-state index contributed by atoms with van der Waals surface area (Å²) in [6.45, 7) is 1.52. The third kappa shape index (κ3) is 2.93. The summed E-state index contributed by atoms with van der Waals surface area (Å²) in [4.78, 5) is 11.8. The zero-order valence-electron chi connectivity index (χ0n) is 10.3. The van der Waals surface area contributed by atoms with E-state index < -0.39 is 36.7 Å². The van der Waals surface area contributed by atoms with E-state index in [9.17, 15) is 20.1 Å². The highest BCUT2D eigenvalue weighted by molar-refractivity contribution is 5.89. The zero-order chi connectivity index (χ0) is 14.0. The first-order valence-corrected chi connectivity index (χ1v) is 5.96. The highest BCUT2D eigenvalue weighted by Gasteiger charge is 2.43. The van der Waals surface area contributed by atoms with Gasteiger partial charge in [0.15, 0.2) is 0 Å². The normalized spacial score (nSPS) is 34.8. The zero-order valence-corrected chi connectivity index (χ0v) is 10.3. The van der Waals surface area contributed by atoms with Gasteiger partial charge >= 0.3 is 5.97 Å². The summed E-state index contributed by atoms with van der Waals surface area (Å²) in [5.74, 6) is -0.666. The lowest BCUT2D eigenvalue weighted by atomic mass is 10.00. The molecule has 0 bridgehead atoms. The number of aliphatic hydroxyl groups is 3. The third-order valence-corrected chi connectivity index (χ3v) is 3.04. The minimum Gasteiger partial charge on any atom is -0.429 e. The van der Waals surface area contributed by atoms with Crippen molar-refractivity contribution in [3.05, 3.63) is 35.9 Å². The van der Waals surface area contributed by atoms with Crippen LogP contribution in [0.5, 0.6) is 0 Å². The van der Waals surface area contributed by atoms with Gasteiger partial charge in [-0.2, -0.15) is 0 Å². The fraction of sp³-hybridized carbons (Fsp3) is 0.462. The molecule has 0 aromatic heterocycles. The Bertz CT molecular complexity index is 434. The van der Waals surface area contributed by atoms with E-state index in [1.54, 1.807) is 30.3 Å². The van der Waals surface area contributed by atoms with E-state index in [-0.39, 0.29) is 0 Å². The van der Waals surface area contributed by atoms with Gasteiger partial charge in [-0.15, -0.1) is 0 Å². The van der Waals surface area contributed by atoms with Crippen LogP contribution in [-0.4, -0.2) is 52.0 Å². The molecule has 1 aromatic rings. The van der Waals surface area contributed by atoms with E-state index in [4.69, 9.17) is 9.47 Å². The first kappa shape index (κ1) is 14.0. The molecule has 0 aliphatic carbocycles. The van der Waals surface area contributed by atoms with Crippen molar-refractivity contribution in [1.82, 2.24) is 0 Å². The number of ether oxygens (including phenoxy) is 2. The Labute approximate surface area is 110 Å². The van der Waals surface area contributed by atoms with Crippen LogP contribution in [0, 0.1) is 0 Å². The van der Waals surface area contributed by atoms with E-state index in [1.165, 1.54) is 6.92 Å². The Kier molecular flexibility index (Phi) is 4.16. The summed E-state index contributed by atoms with van der Waals surface area (Å²) in [5.41, 5.74) is 0.312. The van der Waals surface area contributed by atoms with Gasteiger partial charge in [0, 0.05) is 0 Å². The number of hydrogen-bond donors (Lipinski definition) is 3. The van der Waals surface area contributed by atoms with Crippen molar-refractivity contribution in [3.8, 4) is 0 Å². The minimum absolute atomic E-state index is 0.312. The molecule has 1 saturated heterocycles. The molecule has 1 aliphatic rings. The molecule has 19 heavy (non-hydrogen) atoms. The molecule has 104 valence electrons. The van der Waals surface area contributed by atoms with E-state index in [2.05, 4.69) is 0 Å². The standard InChI is InChI=1S/C13H16O6/c1-7-9(14)10(15)11(16)13(18-7)19-12(17)8-5-3-2-4-6-8/h2-7,9-11,13-16H,1H3/t7-,9-,10+,11-,13-/m0/s1. The Morgan fingerprint density at radius 1 is 1.11 bits per heavy atom.